The molecule has 22 heavy (non-hydrogen) atoms. The van der Waals surface area contributed by atoms with Gasteiger partial charge in [0.15, 0.2) is 6.10 Å². The molecule has 116 valence electrons. The highest BCUT2D eigenvalue weighted by Gasteiger charge is 2.18. The van der Waals surface area contributed by atoms with Crippen molar-refractivity contribution in [2.45, 2.75) is 11.0 Å². The summed E-state index contributed by atoms with van der Waals surface area (Å²) >= 11 is 7.52. The lowest BCUT2D eigenvalue weighted by atomic mass is 10.1. The number of ether oxygens (including phenoxy) is 1. The first-order chi connectivity index (χ1) is 10.7. The van der Waals surface area contributed by atoms with Gasteiger partial charge in [-0.2, -0.15) is 0 Å². The summed E-state index contributed by atoms with van der Waals surface area (Å²) in [6, 6.07) is 17.1. The standard InChI is InChI=1S/C17H18ClNO2S/c1-21-16(13-5-3-2-4-6-13)17(20)19-11-12-22-15-9-7-14(18)8-10-15/h2-10,16H,11-12H2,1H3,(H,19,20)/t16-/m0/s1. The highest BCUT2D eigenvalue weighted by molar-refractivity contribution is 7.99. The molecule has 0 bridgehead atoms. The van der Waals surface area contributed by atoms with Gasteiger partial charge in [0.05, 0.1) is 0 Å². The summed E-state index contributed by atoms with van der Waals surface area (Å²) in [5.41, 5.74) is 0.854. The molecule has 3 nitrogen and oxygen atoms in total. The minimum atomic E-state index is -0.568. The van der Waals surface area contributed by atoms with Gasteiger partial charge in [-0.05, 0) is 29.8 Å². The predicted octanol–water partition coefficient (Wildman–Crippen LogP) is 3.94. The molecule has 5 heteroatoms. The van der Waals surface area contributed by atoms with E-state index in [-0.39, 0.29) is 5.91 Å². The third-order valence-corrected chi connectivity index (χ3v) is 4.33. The van der Waals surface area contributed by atoms with Crippen molar-refractivity contribution in [1.82, 2.24) is 5.32 Å². The van der Waals surface area contributed by atoms with Crippen molar-refractivity contribution in [3.63, 3.8) is 0 Å². The molecular weight excluding hydrogens is 318 g/mol. The zero-order valence-corrected chi connectivity index (χ0v) is 13.9. The first kappa shape index (κ1) is 16.9. The third-order valence-electron chi connectivity index (χ3n) is 3.06. The average molecular weight is 336 g/mol. The van der Waals surface area contributed by atoms with Crippen LogP contribution >= 0.6 is 23.4 Å². The lowest BCUT2D eigenvalue weighted by molar-refractivity contribution is -0.131. The van der Waals surface area contributed by atoms with Gasteiger partial charge < -0.3 is 10.1 Å². The molecule has 1 amide bonds. The number of benzene rings is 2. The van der Waals surface area contributed by atoms with Crippen molar-refractivity contribution in [2.24, 2.45) is 0 Å². The van der Waals surface area contributed by atoms with Crippen molar-refractivity contribution < 1.29 is 9.53 Å². The first-order valence-corrected chi connectivity index (χ1v) is 8.31. The van der Waals surface area contributed by atoms with Crippen molar-refractivity contribution >= 4 is 29.3 Å². The Balaban J connectivity index is 1.78. The van der Waals surface area contributed by atoms with Crippen molar-refractivity contribution in [2.75, 3.05) is 19.4 Å². The van der Waals surface area contributed by atoms with Gasteiger partial charge in [0.2, 0.25) is 0 Å². The number of rotatable bonds is 7. The van der Waals surface area contributed by atoms with Crippen LogP contribution in [0.4, 0.5) is 0 Å². The van der Waals surface area contributed by atoms with Crippen LogP contribution in [0.25, 0.3) is 0 Å². The average Bonchev–Trinajstić information content (AvgIpc) is 2.55. The van der Waals surface area contributed by atoms with E-state index < -0.39 is 6.10 Å². The first-order valence-electron chi connectivity index (χ1n) is 6.94. The molecule has 0 fully saturated rings. The van der Waals surface area contributed by atoms with Crippen molar-refractivity contribution in [3.8, 4) is 0 Å². The normalized spacial score (nSPS) is 11.9. The van der Waals surface area contributed by atoms with Crippen LogP contribution in [-0.4, -0.2) is 25.3 Å². The number of nitrogens with one attached hydrogen (secondary N) is 1. The van der Waals surface area contributed by atoms with Crippen LogP contribution in [0.2, 0.25) is 5.02 Å². The highest BCUT2D eigenvalue weighted by Crippen LogP contribution is 2.20. The Kier molecular flexibility index (Phi) is 6.77. The second-order valence-corrected chi connectivity index (χ2v) is 6.22. The van der Waals surface area contributed by atoms with Crippen molar-refractivity contribution in [3.05, 3.63) is 65.2 Å². The van der Waals surface area contributed by atoms with Crippen LogP contribution in [0.1, 0.15) is 11.7 Å². The Labute approximate surface area is 140 Å². The van der Waals surface area contributed by atoms with Gasteiger partial charge in [-0.3, -0.25) is 4.79 Å². The fourth-order valence-corrected chi connectivity index (χ4v) is 2.88. The van der Waals surface area contributed by atoms with Crippen LogP contribution in [-0.2, 0) is 9.53 Å². The van der Waals surface area contributed by atoms with E-state index in [1.165, 1.54) is 0 Å². The summed E-state index contributed by atoms with van der Waals surface area (Å²) in [7, 11) is 1.54. The van der Waals surface area contributed by atoms with Gasteiger partial charge in [0.25, 0.3) is 5.91 Å². The molecule has 0 heterocycles. The van der Waals surface area contributed by atoms with Gasteiger partial charge in [0, 0.05) is 29.3 Å². The lowest BCUT2D eigenvalue weighted by Crippen LogP contribution is -2.32. The fraction of sp³-hybridized carbons (Fsp3) is 0.235. The number of carbonyl (C=O) groups is 1. The summed E-state index contributed by atoms with van der Waals surface area (Å²) in [5.74, 6) is 0.670. The Hall–Kier alpha value is -1.49. The topological polar surface area (TPSA) is 38.3 Å². The quantitative estimate of drug-likeness (QED) is 0.615. The van der Waals surface area contributed by atoms with Gasteiger partial charge in [-0.1, -0.05) is 41.9 Å². The van der Waals surface area contributed by atoms with Gasteiger partial charge in [0.1, 0.15) is 0 Å². The summed E-state index contributed by atoms with van der Waals surface area (Å²) in [6.45, 7) is 0.582. The fourth-order valence-electron chi connectivity index (χ4n) is 1.99. The summed E-state index contributed by atoms with van der Waals surface area (Å²) in [4.78, 5) is 13.3. The number of carbonyl (C=O) groups excluding carboxylic acids is 1. The molecule has 0 aromatic heterocycles. The van der Waals surface area contributed by atoms with Crippen LogP contribution in [0.3, 0.4) is 0 Å². The molecule has 0 spiro atoms. The Morgan fingerprint density at radius 2 is 1.86 bits per heavy atom. The molecular formula is C17H18ClNO2S. The zero-order chi connectivity index (χ0) is 15.8. The van der Waals surface area contributed by atoms with Crippen LogP contribution in [0, 0.1) is 0 Å². The SMILES string of the molecule is CO[C@H](C(=O)NCCSc1ccc(Cl)cc1)c1ccccc1. The van der Waals surface area contributed by atoms with Crippen LogP contribution in [0.15, 0.2) is 59.5 Å². The molecule has 0 aliphatic carbocycles. The number of hydrogen-bond donors (Lipinski definition) is 1. The number of thioether (sulfide) groups is 1. The molecule has 0 radical (unpaired) electrons. The Morgan fingerprint density at radius 1 is 1.18 bits per heavy atom. The maximum atomic E-state index is 12.2. The summed E-state index contributed by atoms with van der Waals surface area (Å²) in [5, 5.41) is 3.63. The molecule has 2 rings (SSSR count). The second kappa shape index (κ2) is 8.83. The number of amides is 1. The molecule has 0 unspecified atom stereocenters. The van der Waals surface area contributed by atoms with Crippen molar-refractivity contribution in [1.29, 1.82) is 0 Å². The number of halogens is 1. The molecule has 1 N–H and O–H groups in total. The van der Waals surface area contributed by atoms with E-state index in [0.29, 0.717) is 6.54 Å². The van der Waals surface area contributed by atoms with E-state index in [2.05, 4.69) is 5.32 Å². The van der Waals surface area contributed by atoms with Gasteiger partial charge in [-0.15, -0.1) is 11.8 Å². The molecule has 0 aliphatic rings. The molecule has 1 atom stereocenters. The smallest absolute Gasteiger partial charge is 0.253 e. The van der Waals surface area contributed by atoms with Crippen LogP contribution in [0.5, 0.6) is 0 Å². The Morgan fingerprint density at radius 3 is 2.50 bits per heavy atom. The number of hydrogen-bond acceptors (Lipinski definition) is 3. The molecule has 0 saturated heterocycles. The van der Waals surface area contributed by atoms with Gasteiger partial charge >= 0.3 is 0 Å². The van der Waals surface area contributed by atoms with E-state index in [9.17, 15) is 4.79 Å². The van der Waals surface area contributed by atoms with E-state index in [4.69, 9.17) is 16.3 Å². The molecule has 0 aliphatic heterocycles. The van der Waals surface area contributed by atoms with Crippen LogP contribution < -0.4 is 5.32 Å². The maximum Gasteiger partial charge on any atom is 0.253 e. The largest absolute Gasteiger partial charge is 0.367 e. The molecule has 2 aromatic carbocycles. The summed E-state index contributed by atoms with van der Waals surface area (Å²) < 4.78 is 5.29. The zero-order valence-electron chi connectivity index (χ0n) is 12.3. The maximum absolute atomic E-state index is 12.2. The summed E-state index contributed by atoms with van der Waals surface area (Å²) in [6.07, 6.45) is -0.568. The lowest BCUT2D eigenvalue weighted by Gasteiger charge is -2.15. The van der Waals surface area contributed by atoms with E-state index in [0.717, 1.165) is 21.2 Å². The molecule has 2 aromatic rings. The minimum Gasteiger partial charge on any atom is -0.367 e. The highest BCUT2D eigenvalue weighted by atomic mass is 35.5. The third kappa shape index (κ3) is 5.05. The van der Waals surface area contributed by atoms with Gasteiger partial charge in [-0.25, -0.2) is 0 Å². The van der Waals surface area contributed by atoms with E-state index in [1.54, 1.807) is 18.9 Å². The van der Waals surface area contributed by atoms with E-state index >= 15 is 0 Å². The second-order valence-electron chi connectivity index (χ2n) is 4.62. The molecule has 0 saturated carbocycles. The number of methoxy groups -OCH3 is 1. The van der Waals surface area contributed by atoms with E-state index in [1.807, 2.05) is 54.6 Å². The minimum absolute atomic E-state index is 0.120. The Bertz CT molecular complexity index is 589. The predicted molar refractivity (Wildman–Crippen MR) is 91.4 cm³/mol. The monoisotopic (exact) mass is 335 g/mol.